The number of nitrogens with one attached hydrogen (secondary N) is 1. The van der Waals surface area contributed by atoms with Crippen LogP contribution in [-0.2, 0) is 30.2 Å². The standard InChI is InChI=1S/C17H17F3N2OS/c1-10-5-6-13-14(7-10)24-16(21-13)22-15(23)9-11-3-2-4-12(8-11)17(18,19)20/h2-4,8,10H,5-7,9H2,1H3,(H,21,22,23). The molecule has 0 radical (unpaired) electrons. The summed E-state index contributed by atoms with van der Waals surface area (Å²) in [5.41, 5.74) is 0.622. The van der Waals surface area contributed by atoms with Gasteiger partial charge in [-0.2, -0.15) is 13.2 Å². The number of halogens is 3. The number of rotatable bonds is 3. The van der Waals surface area contributed by atoms with E-state index >= 15 is 0 Å². The maximum atomic E-state index is 12.7. The molecule has 1 unspecified atom stereocenters. The van der Waals surface area contributed by atoms with Crippen molar-refractivity contribution < 1.29 is 18.0 Å². The van der Waals surface area contributed by atoms with Crippen LogP contribution in [0.1, 0.15) is 35.0 Å². The van der Waals surface area contributed by atoms with Gasteiger partial charge in [-0.15, -0.1) is 11.3 Å². The van der Waals surface area contributed by atoms with E-state index in [1.807, 2.05) is 0 Å². The minimum absolute atomic E-state index is 0.107. The van der Waals surface area contributed by atoms with E-state index in [1.165, 1.54) is 28.3 Å². The zero-order chi connectivity index (χ0) is 17.3. The first-order chi connectivity index (χ1) is 11.3. The van der Waals surface area contributed by atoms with Crippen molar-refractivity contribution in [1.82, 2.24) is 4.98 Å². The molecule has 0 saturated heterocycles. The van der Waals surface area contributed by atoms with Gasteiger partial charge in [0.15, 0.2) is 5.13 Å². The number of amides is 1. The Hall–Kier alpha value is -1.89. The SMILES string of the molecule is CC1CCc2nc(NC(=O)Cc3cccc(C(F)(F)F)c3)sc2C1. The maximum Gasteiger partial charge on any atom is 0.416 e. The number of alkyl halides is 3. The molecule has 7 heteroatoms. The quantitative estimate of drug-likeness (QED) is 0.884. The number of aryl methyl sites for hydroxylation is 1. The summed E-state index contributed by atoms with van der Waals surface area (Å²) in [6.07, 6.45) is -1.54. The summed E-state index contributed by atoms with van der Waals surface area (Å²) in [4.78, 5) is 17.7. The van der Waals surface area contributed by atoms with Crippen LogP contribution in [0.2, 0.25) is 0 Å². The lowest BCUT2D eigenvalue weighted by Crippen LogP contribution is -2.15. The lowest BCUT2D eigenvalue weighted by Gasteiger charge is -2.15. The Bertz CT molecular complexity index is 755. The molecule has 0 fully saturated rings. The van der Waals surface area contributed by atoms with E-state index in [0.717, 1.165) is 37.1 Å². The first kappa shape index (κ1) is 17.0. The van der Waals surface area contributed by atoms with Crippen LogP contribution in [0.5, 0.6) is 0 Å². The highest BCUT2D eigenvalue weighted by atomic mass is 32.1. The number of anilines is 1. The average Bonchev–Trinajstić information content (AvgIpc) is 2.87. The van der Waals surface area contributed by atoms with E-state index in [2.05, 4.69) is 17.2 Å². The van der Waals surface area contributed by atoms with Gasteiger partial charge in [0.05, 0.1) is 17.7 Å². The first-order valence-electron chi connectivity index (χ1n) is 7.76. The van der Waals surface area contributed by atoms with Crippen LogP contribution in [0.25, 0.3) is 0 Å². The summed E-state index contributed by atoms with van der Waals surface area (Å²) in [6, 6.07) is 4.84. The number of fused-ring (bicyclic) bond motifs is 1. The highest BCUT2D eigenvalue weighted by molar-refractivity contribution is 7.15. The molecular formula is C17H17F3N2OS. The Morgan fingerprint density at radius 2 is 2.21 bits per heavy atom. The van der Waals surface area contributed by atoms with Crippen LogP contribution in [-0.4, -0.2) is 10.9 Å². The van der Waals surface area contributed by atoms with Gasteiger partial charge < -0.3 is 5.32 Å². The van der Waals surface area contributed by atoms with Crippen molar-refractivity contribution in [3.8, 4) is 0 Å². The highest BCUT2D eigenvalue weighted by Gasteiger charge is 2.30. The van der Waals surface area contributed by atoms with Crippen LogP contribution in [0.3, 0.4) is 0 Å². The predicted molar refractivity (Wildman–Crippen MR) is 87.1 cm³/mol. The third kappa shape index (κ3) is 3.95. The van der Waals surface area contributed by atoms with Gasteiger partial charge in [-0.05, 0) is 36.8 Å². The van der Waals surface area contributed by atoms with Gasteiger partial charge in [0.1, 0.15) is 0 Å². The molecule has 1 amide bonds. The highest BCUT2D eigenvalue weighted by Crippen LogP contribution is 2.32. The second-order valence-corrected chi connectivity index (χ2v) is 7.24. The van der Waals surface area contributed by atoms with E-state index in [1.54, 1.807) is 0 Å². The predicted octanol–water partition coefficient (Wildman–Crippen LogP) is 4.47. The van der Waals surface area contributed by atoms with Crippen LogP contribution < -0.4 is 5.32 Å². The number of carbonyl (C=O) groups excluding carboxylic acids is 1. The van der Waals surface area contributed by atoms with Gasteiger partial charge >= 0.3 is 6.18 Å². The Labute approximate surface area is 141 Å². The first-order valence-corrected chi connectivity index (χ1v) is 8.57. The van der Waals surface area contributed by atoms with Crippen molar-refractivity contribution in [2.45, 2.75) is 38.8 Å². The molecule has 0 aliphatic heterocycles. The van der Waals surface area contributed by atoms with Gasteiger partial charge in [-0.3, -0.25) is 4.79 Å². The molecule has 0 bridgehead atoms. The second-order valence-electron chi connectivity index (χ2n) is 6.16. The summed E-state index contributed by atoms with van der Waals surface area (Å²) in [7, 11) is 0. The minimum atomic E-state index is -4.41. The number of hydrogen-bond donors (Lipinski definition) is 1. The van der Waals surface area contributed by atoms with Crippen LogP contribution in [0.15, 0.2) is 24.3 Å². The Morgan fingerprint density at radius 3 is 2.96 bits per heavy atom. The molecule has 1 aliphatic rings. The normalized spacial score (nSPS) is 17.4. The Balaban J connectivity index is 1.66. The van der Waals surface area contributed by atoms with E-state index in [-0.39, 0.29) is 12.3 Å². The number of nitrogens with zero attached hydrogens (tertiary/aromatic N) is 1. The van der Waals surface area contributed by atoms with Crippen molar-refractivity contribution in [2.75, 3.05) is 5.32 Å². The van der Waals surface area contributed by atoms with E-state index in [9.17, 15) is 18.0 Å². The molecule has 24 heavy (non-hydrogen) atoms. The smallest absolute Gasteiger partial charge is 0.302 e. The molecule has 1 aromatic carbocycles. The number of hydrogen-bond acceptors (Lipinski definition) is 3. The lowest BCUT2D eigenvalue weighted by atomic mass is 9.93. The summed E-state index contributed by atoms with van der Waals surface area (Å²) < 4.78 is 38.1. The second kappa shape index (κ2) is 6.55. The van der Waals surface area contributed by atoms with E-state index < -0.39 is 11.7 Å². The summed E-state index contributed by atoms with van der Waals surface area (Å²) in [5, 5.41) is 3.24. The average molecular weight is 354 g/mol. The van der Waals surface area contributed by atoms with Gasteiger partial charge in [-0.1, -0.05) is 25.1 Å². The zero-order valence-electron chi connectivity index (χ0n) is 13.1. The fraction of sp³-hybridized carbons (Fsp3) is 0.412. The molecule has 1 aromatic heterocycles. The fourth-order valence-electron chi connectivity index (χ4n) is 2.80. The number of benzene rings is 1. The fourth-order valence-corrected chi connectivity index (χ4v) is 3.99. The Kier molecular flexibility index (Phi) is 4.62. The van der Waals surface area contributed by atoms with Crippen molar-refractivity contribution in [1.29, 1.82) is 0 Å². The van der Waals surface area contributed by atoms with Crippen LogP contribution in [0, 0.1) is 5.92 Å². The molecule has 128 valence electrons. The summed E-state index contributed by atoms with van der Waals surface area (Å²) in [6.45, 7) is 2.19. The van der Waals surface area contributed by atoms with Gasteiger partial charge in [0, 0.05) is 4.88 Å². The van der Waals surface area contributed by atoms with E-state index in [0.29, 0.717) is 16.6 Å². The zero-order valence-corrected chi connectivity index (χ0v) is 13.9. The molecule has 3 nitrogen and oxygen atoms in total. The third-order valence-corrected chi connectivity index (χ3v) is 5.09. The summed E-state index contributed by atoms with van der Waals surface area (Å²) in [5.74, 6) is 0.264. The number of aromatic nitrogens is 1. The summed E-state index contributed by atoms with van der Waals surface area (Å²) >= 11 is 1.46. The molecule has 3 rings (SSSR count). The van der Waals surface area contributed by atoms with E-state index in [4.69, 9.17) is 0 Å². The monoisotopic (exact) mass is 354 g/mol. The molecule has 1 heterocycles. The molecule has 2 aromatic rings. The molecule has 1 atom stereocenters. The van der Waals surface area contributed by atoms with Crippen LogP contribution in [0.4, 0.5) is 18.3 Å². The molecular weight excluding hydrogens is 337 g/mol. The van der Waals surface area contributed by atoms with Gasteiger partial charge in [0.2, 0.25) is 5.91 Å². The molecule has 0 saturated carbocycles. The van der Waals surface area contributed by atoms with Gasteiger partial charge in [0.25, 0.3) is 0 Å². The van der Waals surface area contributed by atoms with Crippen molar-refractivity contribution in [2.24, 2.45) is 5.92 Å². The minimum Gasteiger partial charge on any atom is -0.302 e. The lowest BCUT2D eigenvalue weighted by molar-refractivity contribution is -0.137. The maximum absolute atomic E-state index is 12.7. The van der Waals surface area contributed by atoms with Crippen LogP contribution >= 0.6 is 11.3 Å². The number of carbonyl (C=O) groups is 1. The largest absolute Gasteiger partial charge is 0.416 e. The Morgan fingerprint density at radius 1 is 1.42 bits per heavy atom. The third-order valence-electron chi connectivity index (χ3n) is 4.05. The van der Waals surface area contributed by atoms with Crippen molar-refractivity contribution in [3.63, 3.8) is 0 Å². The number of thiazole rings is 1. The molecule has 1 N–H and O–H groups in total. The topological polar surface area (TPSA) is 42.0 Å². The molecule has 0 spiro atoms. The van der Waals surface area contributed by atoms with Crippen molar-refractivity contribution in [3.05, 3.63) is 46.0 Å². The van der Waals surface area contributed by atoms with Gasteiger partial charge in [-0.25, -0.2) is 4.98 Å². The van der Waals surface area contributed by atoms with Crippen molar-refractivity contribution >= 4 is 22.4 Å². The molecule has 1 aliphatic carbocycles.